The minimum absolute atomic E-state index is 0.250. The number of nitrogen functional groups attached to an aromatic ring is 1. The lowest BCUT2D eigenvalue weighted by molar-refractivity contribution is 0.0953. The van der Waals surface area contributed by atoms with Crippen LogP contribution in [0.15, 0.2) is 30.6 Å². The number of aryl methyl sites for hydroxylation is 1. The molecule has 0 saturated heterocycles. The van der Waals surface area contributed by atoms with Crippen molar-refractivity contribution in [2.45, 2.75) is 13.5 Å². The molecule has 0 saturated carbocycles. The molecule has 2 rings (SSSR count). The number of benzene rings is 1. The zero-order valence-corrected chi connectivity index (χ0v) is 9.85. The van der Waals surface area contributed by atoms with Gasteiger partial charge in [0.05, 0.1) is 18.3 Å². The van der Waals surface area contributed by atoms with Crippen molar-refractivity contribution in [1.82, 2.24) is 15.2 Å². The minimum Gasteiger partial charge on any atom is -0.290 e. The van der Waals surface area contributed by atoms with Gasteiger partial charge in [-0.05, 0) is 24.1 Å². The number of hydrogen-bond acceptors (Lipinski definition) is 3. The highest BCUT2D eigenvalue weighted by atomic mass is 19.1. The Balaban J connectivity index is 2.16. The first-order valence-corrected chi connectivity index (χ1v) is 5.38. The van der Waals surface area contributed by atoms with Gasteiger partial charge in [-0.3, -0.25) is 14.9 Å². The van der Waals surface area contributed by atoms with Crippen LogP contribution in [0.5, 0.6) is 0 Å². The van der Waals surface area contributed by atoms with E-state index in [-0.39, 0.29) is 5.82 Å². The molecule has 6 heteroatoms. The first-order chi connectivity index (χ1) is 8.60. The van der Waals surface area contributed by atoms with Crippen LogP contribution >= 0.6 is 0 Å². The summed E-state index contributed by atoms with van der Waals surface area (Å²) in [7, 11) is 0. The molecule has 1 heterocycles. The number of nitrogens with two attached hydrogens (primary N) is 1. The summed E-state index contributed by atoms with van der Waals surface area (Å²) in [5.41, 5.74) is 3.77. The quantitative estimate of drug-likeness (QED) is 0.483. The molecule has 0 radical (unpaired) electrons. The Labute approximate surface area is 103 Å². The van der Waals surface area contributed by atoms with Crippen LogP contribution in [0.3, 0.4) is 0 Å². The smallest absolute Gasteiger partial charge is 0.268 e. The molecular weight excluding hydrogens is 235 g/mol. The average Bonchev–Trinajstić information content (AvgIpc) is 2.81. The van der Waals surface area contributed by atoms with E-state index in [0.717, 1.165) is 5.56 Å². The Morgan fingerprint density at radius 3 is 3.00 bits per heavy atom. The molecule has 2 aromatic rings. The van der Waals surface area contributed by atoms with E-state index in [9.17, 15) is 9.18 Å². The van der Waals surface area contributed by atoms with E-state index in [1.54, 1.807) is 23.9 Å². The molecule has 1 aromatic heterocycles. The summed E-state index contributed by atoms with van der Waals surface area (Å²) in [6.07, 6.45) is 2.96. The third-order valence-electron chi connectivity index (χ3n) is 2.61. The fourth-order valence-corrected chi connectivity index (χ4v) is 1.57. The number of carbonyl (C=O) groups excluding carboxylic acids is 1. The minimum atomic E-state index is -0.406. The van der Waals surface area contributed by atoms with Gasteiger partial charge in [-0.2, -0.15) is 5.10 Å². The van der Waals surface area contributed by atoms with Crippen LogP contribution in [0.25, 0.3) is 0 Å². The normalized spacial score (nSPS) is 10.4. The van der Waals surface area contributed by atoms with Gasteiger partial charge in [-0.25, -0.2) is 10.2 Å². The first-order valence-electron chi connectivity index (χ1n) is 5.38. The molecule has 18 heavy (non-hydrogen) atoms. The zero-order valence-electron chi connectivity index (χ0n) is 9.85. The number of carbonyl (C=O) groups is 1. The van der Waals surface area contributed by atoms with E-state index in [0.29, 0.717) is 17.7 Å². The molecule has 0 bridgehead atoms. The molecule has 1 amide bonds. The number of nitrogens with one attached hydrogen (secondary N) is 1. The van der Waals surface area contributed by atoms with Gasteiger partial charge in [-0.15, -0.1) is 0 Å². The van der Waals surface area contributed by atoms with Crippen LogP contribution in [-0.4, -0.2) is 15.7 Å². The Morgan fingerprint density at radius 2 is 2.33 bits per heavy atom. The van der Waals surface area contributed by atoms with Crippen molar-refractivity contribution < 1.29 is 9.18 Å². The molecule has 0 aliphatic heterocycles. The van der Waals surface area contributed by atoms with E-state index in [4.69, 9.17) is 5.84 Å². The van der Waals surface area contributed by atoms with Crippen molar-refractivity contribution in [3.63, 3.8) is 0 Å². The number of rotatable bonds is 3. The molecule has 5 nitrogen and oxygen atoms in total. The number of amides is 1. The maximum Gasteiger partial charge on any atom is 0.268 e. The van der Waals surface area contributed by atoms with Gasteiger partial charge in [-0.1, -0.05) is 12.1 Å². The summed E-state index contributed by atoms with van der Waals surface area (Å²) < 4.78 is 14.9. The number of hydrogen-bond donors (Lipinski definition) is 2. The average molecular weight is 248 g/mol. The standard InChI is InChI=1S/C12H13FN4O/c1-8-2-3-9(4-11(8)13)6-17-7-10(5-15-17)12(18)16-14/h2-5,7H,6,14H2,1H3,(H,16,18). The summed E-state index contributed by atoms with van der Waals surface area (Å²) in [4.78, 5) is 11.2. The molecule has 0 aliphatic rings. The number of hydrazine groups is 1. The van der Waals surface area contributed by atoms with Crippen molar-refractivity contribution in [2.75, 3.05) is 0 Å². The fraction of sp³-hybridized carbons (Fsp3) is 0.167. The van der Waals surface area contributed by atoms with Gasteiger partial charge in [0.2, 0.25) is 0 Å². The highest BCUT2D eigenvalue weighted by Crippen LogP contribution is 2.10. The van der Waals surface area contributed by atoms with Gasteiger partial charge >= 0.3 is 0 Å². The molecule has 0 spiro atoms. The number of halogens is 1. The lowest BCUT2D eigenvalue weighted by atomic mass is 10.1. The molecule has 0 atom stereocenters. The van der Waals surface area contributed by atoms with E-state index >= 15 is 0 Å². The van der Waals surface area contributed by atoms with Crippen LogP contribution < -0.4 is 11.3 Å². The van der Waals surface area contributed by atoms with Gasteiger partial charge in [0.1, 0.15) is 5.82 Å². The van der Waals surface area contributed by atoms with E-state index in [2.05, 4.69) is 5.10 Å². The SMILES string of the molecule is Cc1ccc(Cn2cc(C(=O)NN)cn2)cc1F. The van der Waals surface area contributed by atoms with Crippen molar-refractivity contribution in [2.24, 2.45) is 5.84 Å². The number of nitrogens with zero attached hydrogens (tertiary/aromatic N) is 2. The molecule has 94 valence electrons. The molecule has 1 aromatic carbocycles. The second kappa shape index (κ2) is 4.97. The van der Waals surface area contributed by atoms with Crippen molar-refractivity contribution in [3.8, 4) is 0 Å². The van der Waals surface area contributed by atoms with Gasteiger partial charge < -0.3 is 0 Å². The topological polar surface area (TPSA) is 72.9 Å². The second-order valence-corrected chi connectivity index (χ2v) is 3.98. The number of aromatic nitrogens is 2. The van der Waals surface area contributed by atoms with Crippen LogP contribution in [0.1, 0.15) is 21.5 Å². The van der Waals surface area contributed by atoms with Crippen molar-refractivity contribution in [1.29, 1.82) is 0 Å². The Bertz CT molecular complexity index is 579. The van der Waals surface area contributed by atoms with E-state index in [1.807, 2.05) is 11.5 Å². The predicted octanol–water partition coefficient (Wildman–Crippen LogP) is 0.982. The summed E-state index contributed by atoms with van der Waals surface area (Å²) in [5.74, 6) is 4.36. The van der Waals surface area contributed by atoms with Crippen LogP contribution in [0, 0.1) is 12.7 Å². The largest absolute Gasteiger partial charge is 0.290 e. The lowest BCUT2D eigenvalue weighted by Gasteiger charge is -2.03. The lowest BCUT2D eigenvalue weighted by Crippen LogP contribution is -2.29. The second-order valence-electron chi connectivity index (χ2n) is 3.98. The monoisotopic (exact) mass is 248 g/mol. The summed E-state index contributed by atoms with van der Waals surface area (Å²) >= 11 is 0. The zero-order chi connectivity index (χ0) is 13.1. The van der Waals surface area contributed by atoms with E-state index < -0.39 is 5.91 Å². The van der Waals surface area contributed by atoms with Gasteiger partial charge in [0, 0.05) is 6.20 Å². The Morgan fingerprint density at radius 1 is 1.56 bits per heavy atom. The summed E-state index contributed by atoms with van der Waals surface area (Å²) in [6, 6.07) is 4.99. The van der Waals surface area contributed by atoms with Crippen LogP contribution in [-0.2, 0) is 6.54 Å². The fourth-order valence-electron chi connectivity index (χ4n) is 1.57. The maximum atomic E-state index is 13.4. The molecule has 3 N–H and O–H groups in total. The van der Waals surface area contributed by atoms with Crippen LogP contribution in [0.2, 0.25) is 0 Å². The molecule has 0 fully saturated rings. The Kier molecular flexibility index (Phi) is 3.38. The predicted molar refractivity (Wildman–Crippen MR) is 64.1 cm³/mol. The van der Waals surface area contributed by atoms with Crippen molar-refractivity contribution >= 4 is 5.91 Å². The third-order valence-corrected chi connectivity index (χ3v) is 2.61. The summed E-state index contributed by atoms with van der Waals surface area (Å²) in [6.45, 7) is 2.10. The maximum absolute atomic E-state index is 13.4. The third kappa shape index (κ3) is 2.54. The molecular formula is C12H13FN4O. The van der Waals surface area contributed by atoms with E-state index in [1.165, 1.54) is 12.3 Å². The molecule has 0 aliphatic carbocycles. The van der Waals surface area contributed by atoms with Gasteiger partial charge in [0.15, 0.2) is 0 Å². The highest BCUT2D eigenvalue weighted by molar-refractivity contribution is 5.93. The first kappa shape index (κ1) is 12.3. The Hall–Kier alpha value is -2.21. The summed E-state index contributed by atoms with van der Waals surface area (Å²) in [5, 5.41) is 4.01. The van der Waals surface area contributed by atoms with Crippen LogP contribution in [0.4, 0.5) is 4.39 Å². The highest BCUT2D eigenvalue weighted by Gasteiger charge is 2.07. The van der Waals surface area contributed by atoms with Gasteiger partial charge in [0.25, 0.3) is 5.91 Å². The molecule has 0 unspecified atom stereocenters. The van der Waals surface area contributed by atoms with Crippen molar-refractivity contribution in [3.05, 3.63) is 53.1 Å².